The predicted molar refractivity (Wildman–Crippen MR) is 163 cm³/mol. The molecule has 220 valence electrons. The number of fused-ring (bicyclic) bond motifs is 1. The highest BCUT2D eigenvalue weighted by atomic mass is 31.2. The molecule has 1 aromatic heterocycles. The lowest BCUT2D eigenvalue weighted by Gasteiger charge is -2.22. The molecular formula is C32H36N3O6P. The number of nitrogens with one attached hydrogen (secondary N) is 3. The minimum absolute atomic E-state index is 0.0631. The largest absolute Gasteiger partial charge is 0.445 e. The first-order valence-corrected chi connectivity index (χ1v) is 15.5. The summed E-state index contributed by atoms with van der Waals surface area (Å²) in [5, 5.41) is 6.68. The van der Waals surface area contributed by atoms with Crippen molar-refractivity contribution >= 4 is 30.5 Å². The van der Waals surface area contributed by atoms with Crippen molar-refractivity contribution in [1.29, 1.82) is 0 Å². The van der Waals surface area contributed by atoms with Gasteiger partial charge in [-0.2, -0.15) is 0 Å². The zero-order chi connectivity index (χ0) is 29.8. The Morgan fingerprint density at radius 1 is 0.881 bits per heavy atom. The van der Waals surface area contributed by atoms with E-state index in [2.05, 4.69) is 15.6 Å². The maximum absolute atomic E-state index is 13.8. The molecule has 9 nitrogen and oxygen atoms in total. The Kier molecular flexibility index (Phi) is 11.1. The molecule has 3 aromatic carbocycles. The number of H-pyrrole nitrogens is 1. The molecule has 0 radical (unpaired) electrons. The summed E-state index contributed by atoms with van der Waals surface area (Å²) in [5.41, 5.74) is 3.36. The molecule has 0 aliphatic rings. The van der Waals surface area contributed by atoms with Crippen molar-refractivity contribution in [2.24, 2.45) is 0 Å². The maximum atomic E-state index is 13.8. The number of carbonyl (C=O) groups is 2. The number of carbonyl (C=O) groups excluding carboxylic acids is 2. The third-order valence-electron chi connectivity index (χ3n) is 6.46. The summed E-state index contributed by atoms with van der Waals surface area (Å²) in [5.74, 6) is 0.923. The SMILES string of the molecule is CCOP(=O)(/C=C/C(NC(=O)[C@H](Cc1c[nH]c2ccccc12)NC(=O)OCc1ccccc1)c1ccccc1)OCC. The van der Waals surface area contributed by atoms with E-state index in [0.29, 0.717) is 0 Å². The van der Waals surface area contributed by atoms with Crippen LogP contribution in [-0.4, -0.2) is 36.2 Å². The first kappa shape index (κ1) is 30.8. The number of aromatic amines is 1. The predicted octanol–water partition coefficient (Wildman–Crippen LogP) is 6.64. The van der Waals surface area contributed by atoms with Gasteiger partial charge in [0.2, 0.25) is 5.91 Å². The van der Waals surface area contributed by atoms with Gasteiger partial charge in [0.05, 0.1) is 19.3 Å². The van der Waals surface area contributed by atoms with E-state index in [4.69, 9.17) is 13.8 Å². The van der Waals surface area contributed by atoms with Crippen LogP contribution in [0.1, 0.15) is 36.6 Å². The number of hydrogen-bond donors (Lipinski definition) is 3. The van der Waals surface area contributed by atoms with Crippen LogP contribution in [0.4, 0.5) is 4.79 Å². The molecule has 2 amide bonds. The average Bonchev–Trinajstić information content (AvgIpc) is 3.41. The van der Waals surface area contributed by atoms with Gasteiger partial charge < -0.3 is 29.4 Å². The van der Waals surface area contributed by atoms with Crippen molar-refractivity contribution in [3.8, 4) is 0 Å². The fourth-order valence-corrected chi connectivity index (χ4v) is 5.82. The number of benzene rings is 3. The zero-order valence-corrected chi connectivity index (χ0v) is 24.6. The monoisotopic (exact) mass is 589 g/mol. The Balaban J connectivity index is 1.58. The van der Waals surface area contributed by atoms with Gasteiger partial charge >= 0.3 is 13.7 Å². The molecule has 42 heavy (non-hydrogen) atoms. The summed E-state index contributed by atoms with van der Waals surface area (Å²) in [6.07, 6.45) is 2.91. The number of rotatable bonds is 14. The van der Waals surface area contributed by atoms with Gasteiger partial charge in [-0.05, 0) is 42.7 Å². The quantitative estimate of drug-likeness (QED) is 0.142. The topological polar surface area (TPSA) is 119 Å². The second-order valence-electron chi connectivity index (χ2n) is 9.44. The lowest BCUT2D eigenvalue weighted by molar-refractivity contribution is -0.123. The third kappa shape index (κ3) is 8.66. The second-order valence-corrected chi connectivity index (χ2v) is 11.3. The van der Waals surface area contributed by atoms with E-state index in [0.717, 1.165) is 27.6 Å². The minimum atomic E-state index is -3.52. The van der Waals surface area contributed by atoms with E-state index in [1.807, 2.05) is 91.1 Å². The summed E-state index contributed by atoms with van der Waals surface area (Å²) in [7, 11) is -3.52. The Morgan fingerprint density at radius 2 is 1.52 bits per heavy atom. The van der Waals surface area contributed by atoms with Crippen molar-refractivity contribution in [2.45, 2.75) is 39.0 Å². The summed E-state index contributed by atoms with van der Waals surface area (Å²) >= 11 is 0. The number of hydrogen-bond acceptors (Lipinski definition) is 6. The molecule has 0 bridgehead atoms. The van der Waals surface area contributed by atoms with Crippen LogP contribution >= 0.6 is 7.60 Å². The normalized spacial score (nSPS) is 13.1. The van der Waals surface area contributed by atoms with E-state index >= 15 is 0 Å². The molecule has 0 saturated heterocycles. The standard InChI is InChI=1S/C32H36N3O6P/c1-3-40-42(38,41-4-2)20-19-28(25-15-9-6-10-16-25)34-31(36)30(21-26-22-33-29-18-12-11-17-27(26)29)35-32(37)39-23-24-13-7-5-8-14-24/h5-20,22,28,30,33H,3-4,21,23H2,1-2H3,(H,34,36)(H,35,37)/b20-19+/t28?,30-/m0/s1. The summed E-state index contributed by atoms with van der Waals surface area (Å²) < 4.78 is 29.3. The van der Waals surface area contributed by atoms with Gasteiger partial charge in [-0.15, -0.1) is 0 Å². The van der Waals surface area contributed by atoms with Gasteiger partial charge in [0, 0.05) is 29.3 Å². The fraction of sp³-hybridized carbons (Fsp3) is 0.250. The Bertz CT molecular complexity index is 1510. The van der Waals surface area contributed by atoms with E-state index in [9.17, 15) is 14.2 Å². The van der Waals surface area contributed by atoms with Crippen LogP contribution in [0.25, 0.3) is 10.9 Å². The van der Waals surface area contributed by atoms with Gasteiger partial charge in [0.25, 0.3) is 0 Å². The number of amides is 2. The van der Waals surface area contributed by atoms with Crippen molar-refractivity contribution in [3.63, 3.8) is 0 Å². The molecule has 0 saturated carbocycles. The minimum Gasteiger partial charge on any atom is -0.445 e. The van der Waals surface area contributed by atoms with Crippen LogP contribution < -0.4 is 10.6 Å². The Hall–Kier alpha value is -4.17. The summed E-state index contributed by atoms with van der Waals surface area (Å²) in [4.78, 5) is 29.9. The molecule has 0 aliphatic carbocycles. The fourth-order valence-electron chi connectivity index (χ4n) is 4.47. The lowest BCUT2D eigenvalue weighted by atomic mass is 10.0. The van der Waals surface area contributed by atoms with Crippen LogP contribution in [0.15, 0.2) is 103 Å². The molecule has 0 fully saturated rings. The Morgan fingerprint density at radius 3 is 2.21 bits per heavy atom. The van der Waals surface area contributed by atoms with Gasteiger partial charge in [-0.3, -0.25) is 9.36 Å². The molecule has 4 aromatic rings. The van der Waals surface area contributed by atoms with Crippen LogP contribution in [0.5, 0.6) is 0 Å². The molecular weight excluding hydrogens is 553 g/mol. The van der Waals surface area contributed by atoms with Crippen LogP contribution in [0.3, 0.4) is 0 Å². The van der Waals surface area contributed by atoms with E-state index in [-0.39, 0.29) is 26.2 Å². The molecule has 10 heteroatoms. The average molecular weight is 590 g/mol. The number of ether oxygens (including phenoxy) is 1. The molecule has 0 aliphatic heterocycles. The van der Waals surface area contributed by atoms with Gasteiger partial charge in [-0.1, -0.05) is 78.9 Å². The number of para-hydroxylation sites is 1. The summed E-state index contributed by atoms with van der Waals surface area (Å²) in [6.45, 7) is 3.92. The molecule has 2 atom stereocenters. The second kappa shape index (κ2) is 15.2. The molecule has 4 rings (SSSR count). The molecule has 1 heterocycles. The van der Waals surface area contributed by atoms with Crippen molar-refractivity contribution in [1.82, 2.24) is 15.6 Å². The van der Waals surface area contributed by atoms with Crippen LogP contribution in [-0.2, 0) is 36.2 Å². The van der Waals surface area contributed by atoms with Crippen LogP contribution in [0, 0.1) is 0 Å². The smallest absolute Gasteiger partial charge is 0.408 e. The first-order valence-electron chi connectivity index (χ1n) is 13.9. The number of alkyl carbamates (subject to hydrolysis) is 1. The van der Waals surface area contributed by atoms with Gasteiger partial charge in [-0.25, -0.2) is 4.79 Å². The van der Waals surface area contributed by atoms with Crippen LogP contribution in [0.2, 0.25) is 0 Å². The zero-order valence-electron chi connectivity index (χ0n) is 23.7. The van der Waals surface area contributed by atoms with Gasteiger partial charge in [0.15, 0.2) is 0 Å². The van der Waals surface area contributed by atoms with Crippen molar-refractivity contribution in [3.05, 3.63) is 120 Å². The van der Waals surface area contributed by atoms with Gasteiger partial charge in [0.1, 0.15) is 12.6 Å². The molecule has 1 unspecified atom stereocenters. The maximum Gasteiger partial charge on any atom is 0.408 e. The van der Waals surface area contributed by atoms with Crippen molar-refractivity contribution < 1.29 is 27.9 Å². The van der Waals surface area contributed by atoms with E-state index in [1.54, 1.807) is 19.9 Å². The highest BCUT2D eigenvalue weighted by Crippen LogP contribution is 2.50. The highest BCUT2D eigenvalue weighted by Gasteiger charge is 2.27. The summed E-state index contributed by atoms with van der Waals surface area (Å²) in [6, 6.07) is 24.6. The third-order valence-corrected chi connectivity index (χ3v) is 8.23. The van der Waals surface area contributed by atoms with E-state index < -0.39 is 31.7 Å². The Labute approximate surface area is 245 Å². The van der Waals surface area contributed by atoms with E-state index in [1.165, 1.54) is 5.82 Å². The lowest BCUT2D eigenvalue weighted by Crippen LogP contribution is -2.48. The van der Waals surface area contributed by atoms with Crippen molar-refractivity contribution in [2.75, 3.05) is 13.2 Å². The molecule has 0 spiro atoms. The molecule has 3 N–H and O–H groups in total. The number of aromatic nitrogens is 1. The first-order chi connectivity index (χ1) is 20.4. The highest BCUT2D eigenvalue weighted by molar-refractivity contribution is 7.57.